The molecule has 0 atom stereocenters. The van der Waals surface area contributed by atoms with Gasteiger partial charge in [0, 0.05) is 17.6 Å². The lowest BCUT2D eigenvalue weighted by Gasteiger charge is -2.29. The van der Waals surface area contributed by atoms with Gasteiger partial charge in [0.1, 0.15) is 5.01 Å². The van der Waals surface area contributed by atoms with Crippen LogP contribution in [0.15, 0.2) is 60.1 Å². The van der Waals surface area contributed by atoms with Crippen molar-refractivity contribution in [2.45, 2.75) is 44.1 Å². The standard InChI is InChI=1S/C22H23N3OS/c26-21(14-19-15-27-22(25-19)20-8-4-5-13-23-20)24-18-11-9-17(10-12-18)16-6-2-1-3-7-16/h1-8,13,15,17-18H,9-12,14H2,(H,24,26). The number of nitrogens with one attached hydrogen (secondary N) is 1. The summed E-state index contributed by atoms with van der Waals surface area (Å²) in [6, 6.07) is 16.8. The second-order valence-corrected chi connectivity index (χ2v) is 7.92. The van der Waals surface area contributed by atoms with Gasteiger partial charge in [-0.3, -0.25) is 9.78 Å². The molecule has 1 N–H and O–H groups in total. The molecular weight excluding hydrogens is 354 g/mol. The van der Waals surface area contributed by atoms with Crippen LogP contribution in [0.4, 0.5) is 0 Å². The zero-order valence-electron chi connectivity index (χ0n) is 15.2. The first kappa shape index (κ1) is 17.9. The van der Waals surface area contributed by atoms with Gasteiger partial charge in [0.25, 0.3) is 0 Å². The van der Waals surface area contributed by atoms with Crippen molar-refractivity contribution in [2.24, 2.45) is 0 Å². The van der Waals surface area contributed by atoms with Gasteiger partial charge in [0.05, 0.1) is 17.8 Å². The number of nitrogens with zero attached hydrogens (tertiary/aromatic N) is 2. The summed E-state index contributed by atoms with van der Waals surface area (Å²) in [5.41, 5.74) is 3.09. The Labute approximate surface area is 163 Å². The first-order valence-electron chi connectivity index (χ1n) is 9.48. The fraction of sp³-hybridized carbons (Fsp3) is 0.318. The van der Waals surface area contributed by atoms with Gasteiger partial charge in [-0.15, -0.1) is 11.3 Å². The number of thiazole rings is 1. The maximum absolute atomic E-state index is 12.4. The Morgan fingerprint density at radius 2 is 1.81 bits per heavy atom. The summed E-state index contributed by atoms with van der Waals surface area (Å²) in [4.78, 5) is 21.3. The molecule has 1 fully saturated rings. The number of hydrogen-bond acceptors (Lipinski definition) is 4. The van der Waals surface area contributed by atoms with Crippen LogP contribution in [0.1, 0.15) is 42.9 Å². The molecule has 3 aromatic rings. The highest BCUT2D eigenvalue weighted by Gasteiger charge is 2.23. The number of rotatable bonds is 5. The number of benzene rings is 1. The van der Waals surface area contributed by atoms with E-state index in [1.54, 1.807) is 6.20 Å². The minimum atomic E-state index is 0.0658. The SMILES string of the molecule is O=C(Cc1csc(-c2ccccn2)n1)NC1CCC(c2ccccc2)CC1. The molecule has 138 valence electrons. The quantitative estimate of drug-likeness (QED) is 0.707. The maximum atomic E-state index is 12.4. The normalized spacial score (nSPS) is 19.6. The van der Waals surface area contributed by atoms with Crippen molar-refractivity contribution in [3.63, 3.8) is 0 Å². The summed E-state index contributed by atoms with van der Waals surface area (Å²) in [5, 5.41) is 6.02. The van der Waals surface area contributed by atoms with Crippen molar-refractivity contribution in [3.05, 3.63) is 71.4 Å². The molecule has 0 unspecified atom stereocenters. The molecule has 0 bridgehead atoms. The zero-order chi connectivity index (χ0) is 18.5. The van der Waals surface area contributed by atoms with Crippen LogP contribution in [0.3, 0.4) is 0 Å². The molecule has 0 saturated heterocycles. The largest absolute Gasteiger partial charge is 0.353 e. The van der Waals surface area contributed by atoms with Crippen molar-refractivity contribution in [1.29, 1.82) is 0 Å². The van der Waals surface area contributed by atoms with Crippen LogP contribution < -0.4 is 5.32 Å². The second-order valence-electron chi connectivity index (χ2n) is 7.06. The summed E-state index contributed by atoms with van der Waals surface area (Å²) < 4.78 is 0. The Morgan fingerprint density at radius 3 is 2.56 bits per heavy atom. The predicted molar refractivity (Wildman–Crippen MR) is 109 cm³/mol. The van der Waals surface area contributed by atoms with Crippen LogP contribution in [0, 0.1) is 0 Å². The molecule has 5 heteroatoms. The van der Waals surface area contributed by atoms with Gasteiger partial charge in [-0.05, 0) is 49.3 Å². The third-order valence-corrected chi connectivity index (χ3v) is 6.05. The molecular formula is C22H23N3OS. The van der Waals surface area contributed by atoms with Gasteiger partial charge in [0.15, 0.2) is 0 Å². The average molecular weight is 378 g/mol. The van der Waals surface area contributed by atoms with Gasteiger partial charge in [-0.25, -0.2) is 4.98 Å². The average Bonchev–Trinajstić information content (AvgIpc) is 3.18. The van der Waals surface area contributed by atoms with E-state index in [2.05, 4.69) is 45.6 Å². The van der Waals surface area contributed by atoms with E-state index in [1.165, 1.54) is 16.9 Å². The van der Waals surface area contributed by atoms with Crippen LogP contribution >= 0.6 is 11.3 Å². The molecule has 2 heterocycles. The first-order chi connectivity index (χ1) is 13.3. The summed E-state index contributed by atoms with van der Waals surface area (Å²) in [5.74, 6) is 0.690. The molecule has 1 aromatic carbocycles. The van der Waals surface area contributed by atoms with E-state index in [4.69, 9.17) is 0 Å². The molecule has 1 aliphatic carbocycles. The van der Waals surface area contributed by atoms with E-state index in [0.29, 0.717) is 12.3 Å². The first-order valence-corrected chi connectivity index (χ1v) is 10.4. The van der Waals surface area contributed by atoms with E-state index >= 15 is 0 Å². The van der Waals surface area contributed by atoms with Gasteiger partial charge >= 0.3 is 0 Å². The Bertz CT molecular complexity index is 871. The molecule has 0 aliphatic heterocycles. The summed E-state index contributed by atoms with van der Waals surface area (Å²) in [6.45, 7) is 0. The van der Waals surface area contributed by atoms with Crippen LogP contribution in [0.25, 0.3) is 10.7 Å². The third-order valence-electron chi connectivity index (χ3n) is 5.14. The molecule has 1 saturated carbocycles. The molecule has 27 heavy (non-hydrogen) atoms. The Balaban J connectivity index is 1.27. The number of pyridine rings is 1. The van der Waals surface area contributed by atoms with Crippen molar-refractivity contribution < 1.29 is 4.79 Å². The van der Waals surface area contributed by atoms with E-state index in [1.807, 2.05) is 23.6 Å². The predicted octanol–water partition coefficient (Wildman–Crippen LogP) is 4.59. The van der Waals surface area contributed by atoms with Crippen molar-refractivity contribution in [3.8, 4) is 10.7 Å². The Hall–Kier alpha value is -2.53. The minimum Gasteiger partial charge on any atom is -0.353 e. The Kier molecular flexibility index (Phi) is 5.58. The maximum Gasteiger partial charge on any atom is 0.226 e. The summed E-state index contributed by atoms with van der Waals surface area (Å²) in [7, 11) is 0. The van der Waals surface area contributed by atoms with Gasteiger partial charge < -0.3 is 5.32 Å². The van der Waals surface area contributed by atoms with E-state index in [-0.39, 0.29) is 11.9 Å². The lowest BCUT2D eigenvalue weighted by molar-refractivity contribution is -0.121. The van der Waals surface area contributed by atoms with Gasteiger partial charge in [-0.1, -0.05) is 36.4 Å². The smallest absolute Gasteiger partial charge is 0.226 e. The van der Waals surface area contributed by atoms with Crippen molar-refractivity contribution >= 4 is 17.2 Å². The highest BCUT2D eigenvalue weighted by atomic mass is 32.1. The molecule has 0 spiro atoms. The topological polar surface area (TPSA) is 54.9 Å². The molecule has 4 nitrogen and oxygen atoms in total. The number of carbonyl (C=O) groups excluding carboxylic acids is 1. The zero-order valence-corrected chi connectivity index (χ0v) is 16.0. The molecule has 1 aliphatic rings. The van der Waals surface area contributed by atoms with Crippen LogP contribution in [-0.4, -0.2) is 21.9 Å². The minimum absolute atomic E-state index is 0.0658. The van der Waals surface area contributed by atoms with Crippen LogP contribution in [0.2, 0.25) is 0 Å². The lowest BCUT2D eigenvalue weighted by atomic mass is 9.82. The molecule has 4 rings (SSSR count). The van der Waals surface area contributed by atoms with E-state index < -0.39 is 0 Å². The monoisotopic (exact) mass is 377 g/mol. The Morgan fingerprint density at radius 1 is 1.04 bits per heavy atom. The second kappa shape index (κ2) is 8.44. The van der Waals surface area contributed by atoms with Crippen molar-refractivity contribution in [2.75, 3.05) is 0 Å². The number of amides is 1. The lowest BCUT2D eigenvalue weighted by Crippen LogP contribution is -2.38. The molecule has 0 radical (unpaired) electrons. The molecule has 1 amide bonds. The summed E-state index contributed by atoms with van der Waals surface area (Å²) in [6.07, 6.45) is 6.45. The fourth-order valence-electron chi connectivity index (χ4n) is 3.73. The molecule has 2 aromatic heterocycles. The fourth-order valence-corrected chi connectivity index (χ4v) is 4.53. The van der Waals surface area contributed by atoms with E-state index in [0.717, 1.165) is 42.1 Å². The van der Waals surface area contributed by atoms with Gasteiger partial charge in [-0.2, -0.15) is 0 Å². The van der Waals surface area contributed by atoms with Crippen LogP contribution in [-0.2, 0) is 11.2 Å². The third kappa shape index (κ3) is 4.61. The summed E-state index contributed by atoms with van der Waals surface area (Å²) >= 11 is 1.53. The van der Waals surface area contributed by atoms with E-state index in [9.17, 15) is 4.79 Å². The highest BCUT2D eigenvalue weighted by Crippen LogP contribution is 2.32. The number of hydrogen-bond donors (Lipinski definition) is 1. The highest BCUT2D eigenvalue weighted by molar-refractivity contribution is 7.13. The number of carbonyl (C=O) groups is 1. The van der Waals surface area contributed by atoms with Gasteiger partial charge in [0.2, 0.25) is 5.91 Å². The number of aromatic nitrogens is 2. The van der Waals surface area contributed by atoms with Crippen molar-refractivity contribution in [1.82, 2.24) is 15.3 Å². The van der Waals surface area contributed by atoms with Crippen LogP contribution in [0.5, 0.6) is 0 Å².